The summed E-state index contributed by atoms with van der Waals surface area (Å²) in [5, 5.41) is 0. The molecular formula is C17H26N4O. The average molecular weight is 302 g/mol. The van der Waals surface area contributed by atoms with E-state index in [1.165, 1.54) is 25.7 Å². The Morgan fingerprint density at radius 3 is 2.59 bits per heavy atom. The fraction of sp³-hybridized carbons (Fsp3) is 0.765. The van der Waals surface area contributed by atoms with Gasteiger partial charge in [0.1, 0.15) is 11.9 Å². The molecule has 0 spiro atoms. The highest BCUT2D eigenvalue weighted by molar-refractivity contribution is 5.80. The highest BCUT2D eigenvalue weighted by Crippen LogP contribution is 2.28. The Kier molecular flexibility index (Phi) is 3.90. The lowest BCUT2D eigenvalue weighted by Gasteiger charge is -2.40. The van der Waals surface area contributed by atoms with Crippen molar-refractivity contribution in [3.05, 3.63) is 18.2 Å². The van der Waals surface area contributed by atoms with E-state index in [0.717, 1.165) is 57.3 Å². The van der Waals surface area contributed by atoms with Gasteiger partial charge >= 0.3 is 0 Å². The molecule has 1 aliphatic carbocycles. The van der Waals surface area contributed by atoms with Crippen molar-refractivity contribution >= 4 is 5.91 Å². The summed E-state index contributed by atoms with van der Waals surface area (Å²) in [5.41, 5.74) is 0. The molecule has 5 heteroatoms. The number of nitrogens with zero attached hydrogens (tertiary/aromatic N) is 4. The molecule has 1 saturated carbocycles. The van der Waals surface area contributed by atoms with E-state index in [9.17, 15) is 4.79 Å². The number of carbonyl (C=O) groups is 1. The lowest BCUT2D eigenvalue weighted by atomic mass is 10.0. The molecule has 1 unspecified atom stereocenters. The van der Waals surface area contributed by atoms with Crippen molar-refractivity contribution in [3.63, 3.8) is 0 Å². The van der Waals surface area contributed by atoms with Crippen molar-refractivity contribution in [2.45, 2.75) is 57.0 Å². The molecule has 4 rings (SSSR count). The Morgan fingerprint density at radius 2 is 1.82 bits per heavy atom. The van der Waals surface area contributed by atoms with Gasteiger partial charge in [-0.05, 0) is 25.7 Å². The zero-order valence-electron chi connectivity index (χ0n) is 13.3. The number of fused-ring (bicyclic) bond motifs is 1. The summed E-state index contributed by atoms with van der Waals surface area (Å²) in [6.45, 7) is 3.91. The number of amides is 1. The molecule has 1 aromatic rings. The van der Waals surface area contributed by atoms with E-state index < -0.39 is 0 Å². The van der Waals surface area contributed by atoms with E-state index in [1.54, 1.807) is 0 Å². The van der Waals surface area contributed by atoms with Gasteiger partial charge in [-0.1, -0.05) is 12.8 Å². The normalized spacial score (nSPS) is 27.1. The third-order valence-electron chi connectivity index (χ3n) is 5.71. The third-order valence-corrected chi connectivity index (χ3v) is 5.71. The summed E-state index contributed by atoms with van der Waals surface area (Å²) in [7, 11) is 0. The van der Waals surface area contributed by atoms with Crippen LogP contribution in [0.3, 0.4) is 0 Å². The molecule has 2 fully saturated rings. The van der Waals surface area contributed by atoms with Crippen LogP contribution in [0, 0.1) is 0 Å². The quantitative estimate of drug-likeness (QED) is 0.837. The maximum absolute atomic E-state index is 12.9. The number of hydrogen-bond donors (Lipinski definition) is 0. The minimum atomic E-state index is -0.00993. The molecule has 1 aromatic heterocycles. The number of aromatic nitrogens is 2. The van der Waals surface area contributed by atoms with Crippen LogP contribution in [0.4, 0.5) is 0 Å². The van der Waals surface area contributed by atoms with Crippen LogP contribution >= 0.6 is 0 Å². The molecule has 1 saturated heterocycles. The van der Waals surface area contributed by atoms with Crippen molar-refractivity contribution in [1.29, 1.82) is 0 Å². The Balaban J connectivity index is 1.39. The van der Waals surface area contributed by atoms with Crippen molar-refractivity contribution in [2.24, 2.45) is 0 Å². The highest BCUT2D eigenvalue weighted by Gasteiger charge is 2.33. The first kappa shape index (κ1) is 14.2. The predicted octanol–water partition coefficient (Wildman–Crippen LogP) is 1.85. The number of aryl methyl sites for hydroxylation is 1. The maximum Gasteiger partial charge on any atom is 0.245 e. The Hall–Kier alpha value is -1.36. The van der Waals surface area contributed by atoms with Crippen LogP contribution < -0.4 is 0 Å². The van der Waals surface area contributed by atoms with Gasteiger partial charge in [-0.25, -0.2) is 4.98 Å². The fourth-order valence-electron chi connectivity index (χ4n) is 4.44. The fourth-order valence-corrected chi connectivity index (χ4v) is 4.44. The molecule has 0 radical (unpaired) electrons. The Bertz CT molecular complexity index is 527. The zero-order chi connectivity index (χ0) is 14.9. The molecule has 0 bridgehead atoms. The maximum atomic E-state index is 12.9. The molecule has 22 heavy (non-hydrogen) atoms. The molecule has 2 aliphatic heterocycles. The van der Waals surface area contributed by atoms with Gasteiger partial charge in [0.2, 0.25) is 5.91 Å². The largest absolute Gasteiger partial charge is 0.338 e. The van der Waals surface area contributed by atoms with E-state index in [0.29, 0.717) is 5.91 Å². The monoisotopic (exact) mass is 302 g/mol. The van der Waals surface area contributed by atoms with Gasteiger partial charge in [0.05, 0.1) is 0 Å². The van der Waals surface area contributed by atoms with E-state index >= 15 is 0 Å². The second-order valence-corrected chi connectivity index (χ2v) is 6.96. The average Bonchev–Trinajstić information content (AvgIpc) is 3.25. The molecule has 3 heterocycles. The minimum absolute atomic E-state index is 0.00993. The zero-order valence-corrected chi connectivity index (χ0v) is 13.3. The van der Waals surface area contributed by atoms with Gasteiger partial charge in [0.25, 0.3) is 0 Å². The summed E-state index contributed by atoms with van der Waals surface area (Å²) >= 11 is 0. The summed E-state index contributed by atoms with van der Waals surface area (Å²) in [5.74, 6) is 1.39. The van der Waals surface area contributed by atoms with Crippen molar-refractivity contribution in [2.75, 3.05) is 26.2 Å². The number of carbonyl (C=O) groups excluding carboxylic acids is 1. The van der Waals surface area contributed by atoms with Crippen LogP contribution in [0.5, 0.6) is 0 Å². The van der Waals surface area contributed by atoms with Crippen LogP contribution in [0.1, 0.15) is 50.4 Å². The molecule has 0 N–H and O–H groups in total. The summed E-state index contributed by atoms with van der Waals surface area (Å²) in [4.78, 5) is 22.0. The first-order valence-corrected chi connectivity index (χ1v) is 8.87. The van der Waals surface area contributed by atoms with Gasteiger partial charge in [-0.2, -0.15) is 0 Å². The van der Waals surface area contributed by atoms with Crippen LogP contribution in [0.2, 0.25) is 0 Å². The number of hydrogen-bond acceptors (Lipinski definition) is 3. The van der Waals surface area contributed by atoms with E-state index in [4.69, 9.17) is 0 Å². The molecule has 1 atom stereocenters. The Morgan fingerprint density at radius 1 is 1.05 bits per heavy atom. The van der Waals surface area contributed by atoms with Gasteiger partial charge in [-0.3, -0.25) is 9.69 Å². The van der Waals surface area contributed by atoms with Gasteiger partial charge in [0.15, 0.2) is 0 Å². The van der Waals surface area contributed by atoms with Crippen LogP contribution in [-0.4, -0.2) is 57.5 Å². The molecule has 5 nitrogen and oxygen atoms in total. The van der Waals surface area contributed by atoms with Crippen LogP contribution in [0.25, 0.3) is 0 Å². The van der Waals surface area contributed by atoms with Gasteiger partial charge < -0.3 is 9.47 Å². The van der Waals surface area contributed by atoms with Crippen molar-refractivity contribution in [3.8, 4) is 0 Å². The van der Waals surface area contributed by atoms with Crippen molar-refractivity contribution < 1.29 is 4.79 Å². The molecule has 1 amide bonds. The minimum Gasteiger partial charge on any atom is -0.338 e. The number of piperazine rings is 1. The predicted molar refractivity (Wildman–Crippen MR) is 84.6 cm³/mol. The standard InChI is InChI=1S/C17H26N4O/c22-17(15-6-3-7-16-18-8-9-21(15)16)20-12-10-19(11-13-20)14-4-1-2-5-14/h8-9,14-15H,1-7,10-13H2. The SMILES string of the molecule is O=C(C1CCCc2nccn21)N1CCN(C2CCCC2)CC1. The Labute approximate surface area is 132 Å². The van der Waals surface area contributed by atoms with Gasteiger partial charge in [-0.15, -0.1) is 0 Å². The third kappa shape index (κ3) is 2.56. The smallest absolute Gasteiger partial charge is 0.245 e. The van der Waals surface area contributed by atoms with E-state index in [2.05, 4.69) is 19.4 Å². The summed E-state index contributed by atoms with van der Waals surface area (Å²) in [6, 6.07) is 0.775. The lowest BCUT2D eigenvalue weighted by Crippen LogP contribution is -2.53. The van der Waals surface area contributed by atoms with E-state index in [1.807, 2.05) is 12.4 Å². The molecular weight excluding hydrogens is 276 g/mol. The highest BCUT2D eigenvalue weighted by atomic mass is 16.2. The van der Waals surface area contributed by atoms with Gasteiger partial charge in [0, 0.05) is 51.0 Å². The first-order chi connectivity index (χ1) is 10.8. The van der Waals surface area contributed by atoms with E-state index in [-0.39, 0.29) is 6.04 Å². The van der Waals surface area contributed by atoms with Crippen LogP contribution in [-0.2, 0) is 11.2 Å². The first-order valence-electron chi connectivity index (χ1n) is 8.87. The lowest BCUT2D eigenvalue weighted by molar-refractivity contribution is -0.137. The number of imidazole rings is 1. The van der Waals surface area contributed by atoms with Crippen LogP contribution in [0.15, 0.2) is 12.4 Å². The second-order valence-electron chi connectivity index (χ2n) is 6.96. The van der Waals surface area contributed by atoms with Crippen molar-refractivity contribution in [1.82, 2.24) is 19.4 Å². The summed E-state index contributed by atoms with van der Waals surface area (Å²) in [6.07, 6.45) is 12.3. The molecule has 120 valence electrons. The topological polar surface area (TPSA) is 41.4 Å². The number of rotatable bonds is 2. The molecule has 0 aromatic carbocycles. The molecule has 3 aliphatic rings. The second kappa shape index (κ2) is 6.03. The summed E-state index contributed by atoms with van der Waals surface area (Å²) < 4.78 is 2.11.